The average Bonchev–Trinajstić information content (AvgIpc) is 3.32. The summed E-state index contributed by atoms with van der Waals surface area (Å²) in [7, 11) is 1.30. The van der Waals surface area contributed by atoms with Crippen LogP contribution in [-0.4, -0.2) is 48.0 Å². The van der Waals surface area contributed by atoms with E-state index in [4.69, 9.17) is 4.11 Å². The summed E-state index contributed by atoms with van der Waals surface area (Å²) in [6.45, 7) is -2.67. The molecule has 176 valence electrons. The Bertz CT molecular complexity index is 1570. The predicted molar refractivity (Wildman–Crippen MR) is 125 cm³/mol. The lowest BCUT2D eigenvalue weighted by Crippen LogP contribution is -2.33. The highest BCUT2D eigenvalue weighted by molar-refractivity contribution is 5.79. The molecule has 0 unspecified atom stereocenters. The highest BCUT2D eigenvalue weighted by Crippen LogP contribution is 2.40. The van der Waals surface area contributed by atoms with Crippen molar-refractivity contribution in [1.29, 1.82) is 0 Å². The van der Waals surface area contributed by atoms with Gasteiger partial charge in [-0.2, -0.15) is 0 Å². The van der Waals surface area contributed by atoms with Gasteiger partial charge in [0.15, 0.2) is 11.5 Å². The molecule has 0 aliphatic heterocycles. The number of alkyl carbamates (subject to hydrolysis) is 1. The molecule has 11 heteroatoms. The molecule has 2 fully saturated rings. The smallest absolute Gasteiger partial charge is 0.407 e. The second kappa shape index (κ2) is 7.86. The van der Waals surface area contributed by atoms with E-state index in [1.807, 2.05) is 16.8 Å². The maximum atomic E-state index is 13.4. The molecule has 4 heterocycles. The molecule has 11 nitrogen and oxygen atoms in total. The minimum absolute atomic E-state index is 0.179. The van der Waals surface area contributed by atoms with Gasteiger partial charge in [-0.3, -0.25) is 9.13 Å². The van der Waals surface area contributed by atoms with Crippen molar-refractivity contribution >= 4 is 34.4 Å². The molecule has 6 rings (SSSR count). The molecule has 0 bridgehead atoms. The standard InChI is InChI=1S/C23H26N8O3/c1-29-18-12-24-20(27-19-7-8-21-25-11-17(13-3-4-13)31(21)28-19)10-16(18)30(23(29)33)15-6-5-14(9-15)26-22(32)34-2/h7-8,10-15H,3-6,9H2,1-2H3,(H,26,32)(H,24,27,28)/t14-,15-/m1/s1/i1D3. The molecule has 0 saturated heterocycles. The van der Waals surface area contributed by atoms with Crippen molar-refractivity contribution in [3.63, 3.8) is 0 Å². The van der Waals surface area contributed by atoms with Crippen molar-refractivity contribution in [2.45, 2.75) is 50.1 Å². The zero-order chi connectivity index (χ0) is 25.9. The maximum absolute atomic E-state index is 13.4. The number of pyridine rings is 1. The van der Waals surface area contributed by atoms with Crippen LogP contribution >= 0.6 is 0 Å². The van der Waals surface area contributed by atoms with Gasteiger partial charge in [0, 0.05) is 35.2 Å². The second-order valence-electron chi connectivity index (χ2n) is 8.92. The van der Waals surface area contributed by atoms with Crippen LogP contribution in [0, 0.1) is 0 Å². The summed E-state index contributed by atoms with van der Waals surface area (Å²) in [6.07, 6.45) is 6.68. The first kappa shape index (κ1) is 17.6. The van der Waals surface area contributed by atoms with E-state index in [1.165, 1.54) is 17.9 Å². The molecule has 2 aliphatic carbocycles. The molecule has 0 spiro atoms. The Kier molecular flexibility index (Phi) is 4.06. The van der Waals surface area contributed by atoms with Crippen molar-refractivity contribution < 1.29 is 13.6 Å². The first-order chi connectivity index (χ1) is 17.7. The van der Waals surface area contributed by atoms with Crippen LogP contribution in [0.2, 0.25) is 0 Å². The Labute approximate surface area is 199 Å². The van der Waals surface area contributed by atoms with E-state index in [0.717, 1.165) is 28.7 Å². The quantitative estimate of drug-likeness (QED) is 0.465. The Morgan fingerprint density at radius 1 is 1.15 bits per heavy atom. The van der Waals surface area contributed by atoms with E-state index in [9.17, 15) is 9.59 Å². The number of methoxy groups -OCH3 is 1. The van der Waals surface area contributed by atoms with Crippen LogP contribution in [0.3, 0.4) is 0 Å². The van der Waals surface area contributed by atoms with E-state index in [0.29, 0.717) is 42.3 Å². The first-order valence-electron chi connectivity index (χ1n) is 12.8. The number of rotatable bonds is 5. The van der Waals surface area contributed by atoms with Crippen LogP contribution in [0.4, 0.5) is 16.4 Å². The number of imidazole rings is 2. The van der Waals surface area contributed by atoms with Gasteiger partial charge in [-0.15, -0.1) is 5.10 Å². The van der Waals surface area contributed by atoms with Crippen molar-refractivity contribution in [1.82, 2.24) is 34.0 Å². The number of amides is 1. The Balaban J connectivity index is 1.37. The minimum Gasteiger partial charge on any atom is -0.453 e. The molecule has 34 heavy (non-hydrogen) atoms. The van der Waals surface area contributed by atoms with E-state index in [-0.39, 0.29) is 17.6 Å². The maximum Gasteiger partial charge on any atom is 0.407 e. The predicted octanol–water partition coefficient (Wildman–Crippen LogP) is 2.85. The van der Waals surface area contributed by atoms with E-state index in [2.05, 4.69) is 30.4 Å². The molecule has 1 amide bonds. The number of aromatic nitrogens is 6. The number of carbonyl (C=O) groups is 1. The zero-order valence-electron chi connectivity index (χ0n) is 21.6. The third-order valence-electron chi connectivity index (χ3n) is 6.68. The van der Waals surface area contributed by atoms with Crippen molar-refractivity contribution in [3.05, 3.63) is 46.8 Å². The third kappa shape index (κ3) is 3.47. The number of nitrogens with zero attached hydrogens (tertiary/aromatic N) is 6. The summed E-state index contributed by atoms with van der Waals surface area (Å²) >= 11 is 0. The van der Waals surface area contributed by atoms with Crippen LogP contribution in [0.25, 0.3) is 16.7 Å². The number of fused-ring (bicyclic) bond motifs is 2. The van der Waals surface area contributed by atoms with Gasteiger partial charge in [0.05, 0.1) is 36.2 Å². The largest absolute Gasteiger partial charge is 0.453 e. The van der Waals surface area contributed by atoms with E-state index < -0.39 is 18.8 Å². The highest BCUT2D eigenvalue weighted by atomic mass is 16.5. The number of ether oxygens (including phenoxy) is 1. The van der Waals surface area contributed by atoms with Crippen molar-refractivity contribution in [2.24, 2.45) is 6.98 Å². The minimum atomic E-state index is -2.67. The summed E-state index contributed by atoms with van der Waals surface area (Å²) in [4.78, 5) is 33.9. The molecule has 2 N–H and O–H groups in total. The molecule has 2 saturated carbocycles. The van der Waals surface area contributed by atoms with Crippen LogP contribution in [-0.2, 0) is 11.7 Å². The summed E-state index contributed by atoms with van der Waals surface area (Å²) in [6, 6.07) is 4.86. The van der Waals surface area contributed by atoms with Gasteiger partial charge >= 0.3 is 11.8 Å². The molecular formula is C23H26N8O3. The summed E-state index contributed by atoms with van der Waals surface area (Å²) in [5.74, 6) is 1.45. The summed E-state index contributed by atoms with van der Waals surface area (Å²) in [5, 5.41) is 10.6. The first-order valence-corrected chi connectivity index (χ1v) is 11.3. The topological polar surface area (TPSA) is 120 Å². The number of hydrogen-bond acceptors (Lipinski definition) is 7. The molecule has 4 aromatic rings. The van der Waals surface area contributed by atoms with Gasteiger partial charge in [0.2, 0.25) is 0 Å². The fourth-order valence-electron chi connectivity index (χ4n) is 4.83. The Morgan fingerprint density at radius 2 is 2.03 bits per heavy atom. The number of aryl methyl sites for hydroxylation is 1. The monoisotopic (exact) mass is 465 g/mol. The van der Waals surface area contributed by atoms with E-state index >= 15 is 0 Å². The Morgan fingerprint density at radius 3 is 2.82 bits per heavy atom. The summed E-state index contributed by atoms with van der Waals surface area (Å²) < 4.78 is 32.6. The average molecular weight is 466 g/mol. The number of hydrogen-bond donors (Lipinski definition) is 2. The number of anilines is 2. The molecule has 2 atom stereocenters. The highest BCUT2D eigenvalue weighted by Gasteiger charge is 2.30. The van der Waals surface area contributed by atoms with Gasteiger partial charge in [0.25, 0.3) is 0 Å². The Hall–Kier alpha value is -3.89. The van der Waals surface area contributed by atoms with Gasteiger partial charge in [0.1, 0.15) is 5.82 Å². The lowest BCUT2D eigenvalue weighted by molar-refractivity contribution is 0.166. The van der Waals surface area contributed by atoms with Crippen LogP contribution < -0.4 is 16.3 Å². The van der Waals surface area contributed by atoms with Gasteiger partial charge < -0.3 is 15.4 Å². The SMILES string of the molecule is [2H]C([2H])([2H])n1c(=O)n([C@@H]2CC[C@@H](NC(=O)OC)C2)c2cc(Nc3ccc4ncc(C5CC5)n4n3)ncc21. The van der Waals surface area contributed by atoms with Gasteiger partial charge in [-0.25, -0.2) is 24.1 Å². The summed E-state index contributed by atoms with van der Waals surface area (Å²) in [5.41, 5.74) is 1.86. The van der Waals surface area contributed by atoms with Crippen molar-refractivity contribution in [2.75, 3.05) is 12.4 Å². The number of nitrogens with one attached hydrogen (secondary N) is 2. The molecule has 2 aliphatic rings. The molecular weight excluding hydrogens is 436 g/mol. The van der Waals surface area contributed by atoms with E-state index in [1.54, 1.807) is 12.1 Å². The van der Waals surface area contributed by atoms with Crippen LogP contribution in [0.5, 0.6) is 0 Å². The lowest BCUT2D eigenvalue weighted by Gasteiger charge is -2.14. The normalized spacial score (nSPS) is 21.9. The lowest BCUT2D eigenvalue weighted by atomic mass is 10.2. The number of carbonyl (C=O) groups excluding carboxylic acids is 1. The third-order valence-corrected chi connectivity index (χ3v) is 6.68. The molecule has 4 aromatic heterocycles. The van der Waals surface area contributed by atoms with Crippen molar-refractivity contribution in [3.8, 4) is 0 Å². The zero-order valence-corrected chi connectivity index (χ0v) is 18.6. The second-order valence-corrected chi connectivity index (χ2v) is 8.92. The fraction of sp³-hybridized carbons (Fsp3) is 0.435. The fourth-order valence-corrected chi connectivity index (χ4v) is 4.83. The molecule has 0 radical (unpaired) electrons. The van der Waals surface area contributed by atoms with Gasteiger partial charge in [-0.05, 0) is 44.2 Å². The van der Waals surface area contributed by atoms with Crippen LogP contribution in [0.1, 0.15) is 53.9 Å². The molecule has 0 aromatic carbocycles. The van der Waals surface area contributed by atoms with Gasteiger partial charge in [-0.1, -0.05) is 0 Å². The van der Waals surface area contributed by atoms with Crippen LogP contribution in [0.15, 0.2) is 35.4 Å².